The standard InChI is InChI=1S/C15H23NO3/c1-3-15(4-2)6-8-16(9-7-15)11-12-5-10-19-13(12)14(17)18/h5,10H,3-4,6-9,11H2,1-2H3,(H,17,18). The Morgan fingerprint density at radius 3 is 2.53 bits per heavy atom. The number of nitrogens with zero attached hydrogens (tertiary/aromatic N) is 1. The highest BCUT2D eigenvalue weighted by Crippen LogP contribution is 2.38. The molecule has 0 atom stereocenters. The third-order valence-corrected chi connectivity index (χ3v) is 4.75. The number of rotatable bonds is 5. The minimum absolute atomic E-state index is 0.0859. The molecule has 1 saturated heterocycles. The normalized spacial score (nSPS) is 19.5. The van der Waals surface area contributed by atoms with Crippen LogP contribution in [0, 0.1) is 5.41 Å². The van der Waals surface area contributed by atoms with Crippen LogP contribution in [0.25, 0.3) is 0 Å². The predicted molar refractivity (Wildman–Crippen MR) is 73.2 cm³/mol. The molecule has 106 valence electrons. The molecule has 0 saturated carbocycles. The molecule has 1 aliphatic heterocycles. The van der Waals surface area contributed by atoms with E-state index in [4.69, 9.17) is 9.52 Å². The fourth-order valence-corrected chi connectivity index (χ4v) is 3.03. The van der Waals surface area contributed by atoms with E-state index in [9.17, 15) is 4.79 Å². The lowest BCUT2D eigenvalue weighted by atomic mass is 9.74. The van der Waals surface area contributed by atoms with Crippen molar-refractivity contribution < 1.29 is 14.3 Å². The molecular weight excluding hydrogens is 242 g/mol. The number of aromatic carboxylic acids is 1. The van der Waals surface area contributed by atoms with Gasteiger partial charge in [0.2, 0.25) is 5.76 Å². The van der Waals surface area contributed by atoms with Crippen LogP contribution in [-0.2, 0) is 6.54 Å². The first-order valence-corrected chi connectivity index (χ1v) is 7.12. The highest BCUT2D eigenvalue weighted by atomic mass is 16.4. The first kappa shape index (κ1) is 14.1. The number of carboxylic acids is 1. The van der Waals surface area contributed by atoms with E-state index in [1.54, 1.807) is 6.07 Å². The minimum Gasteiger partial charge on any atom is -0.475 e. The second kappa shape index (κ2) is 5.78. The summed E-state index contributed by atoms with van der Waals surface area (Å²) in [5, 5.41) is 9.03. The molecule has 2 rings (SSSR count). The number of furan rings is 1. The van der Waals surface area contributed by atoms with Crippen LogP contribution in [0.1, 0.15) is 55.6 Å². The van der Waals surface area contributed by atoms with E-state index >= 15 is 0 Å². The maximum Gasteiger partial charge on any atom is 0.372 e. The van der Waals surface area contributed by atoms with Crippen molar-refractivity contribution in [2.24, 2.45) is 5.41 Å². The summed E-state index contributed by atoms with van der Waals surface area (Å²) in [6, 6.07) is 1.77. The van der Waals surface area contributed by atoms with Gasteiger partial charge in [-0.2, -0.15) is 0 Å². The summed E-state index contributed by atoms with van der Waals surface area (Å²) in [6.07, 6.45) is 6.36. The maximum atomic E-state index is 11.0. The molecule has 0 aliphatic carbocycles. The van der Waals surface area contributed by atoms with Crippen molar-refractivity contribution in [2.75, 3.05) is 13.1 Å². The molecule has 0 aromatic carbocycles. The number of carbonyl (C=O) groups is 1. The highest BCUT2D eigenvalue weighted by Gasteiger charge is 2.31. The SMILES string of the molecule is CCC1(CC)CCN(Cc2ccoc2C(=O)O)CC1. The fraction of sp³-hybridized carbons (Fsp3) is 0.667. The molecule has 1 aliphatic rings. The van der Waals surface area contributed by atoms with Crippen molar-refractivity contribution >= 4 is 5.97 Å². The van der Waals surface area contributed by atoms with Crippen LogP contribution in [0.15, 0.2) is 16.7 Å². The van der Waals surface area contributed by atoms with Crippen LogP contribution in [0.2, 0.25) is 0 Å². The Bertz CT molecular complexity index is 424. The maximum absolute atomic E-state index is 11.0. The summed E-state index contributed by atoms with van der Waals surface area (Å²) in [5.74, 6) is -0.892. The summed E-state index contributed by atoms with van der Waals surface area (Å²) in [6.45, 7) is 7.33. The Labute approximate surface area is 114 Å². The Hall–Kier alpha value is -1.29. The van der Waals surface area contributed by atoms with Crippen LogP contribution >= 0.6 is 0 Å². The van der Waals surface area contributed by atoms with E-state index in [0.29, 0.717) is 12.0 Å². The first-order valence-electron chi connectivity index (χ1n) is 7.12. The molecule has 0 amide bonds. The molecule has 19 heavy (non-hydrogen) atoms. The summed E-state index contributed by atoms with van der Waals surface area (Å²) < 4.78 is 5.02. The zero-order valence-electron chi connectivity index (χ0n) is 11.8. The van der Waals surface area contributed by atoms with Crippen LogP contribution < -0.4 is 0 Å². The van der Waals surface area contributed by atoms with Gasteiger partial charge in [-0.15, -0.1) is 0 Å². The van der Waals surface area contributed by atoms with Crippen LogP contribution in [-0.4, -0.2) is 29.1 Å². The molecule has 0 bridgehead atoms. The highest BCUT2D eigenvalue weighted by molar-refractivity contribution is 5.86. The third kappa shape index (κ3) is 3.00. The molecule has 2 heterocycles. The third-order valence-electron chi connectivity index (χ3n) is 4.75. The zero-order valence-corrected chi connectivity index (χ0v) is 11.8. The lowest BCUT2D eigenvalue weighted by Crippen LogP contribution is -2.39. The average molecular weight is 265 g/mol. The Kier molecular flexibility index (Phi) is 4.30. The number of likely N-dealkylation sites (tertiary alicyclic amines) is 1. The Morgan fingerprint density at radius 1 is 1.37 bits per heavy atom. The molecule has 4 heteroatoms. The van der Waals surface area contributed by atoms with Crippen molar-refractivity contribution in [1.29, 1.82) is 0 Å². The smallest absolute Gasteiger partial charge is 0.372 e. The number of carboxylic acid groups (broad SMARTS) is 1. The lowest BCUT2D eigenvalue weighted by molar-refractivity contribution is 0.0652. The van der Waals surface area contributed by atoms with Gasteiger partial charge in [0.05, 0.1) is 6.26 Å². The topological polar surface area (TPSA) is 53.7 Å². The van der Waals surface area contributed by atoms with Gasteiger partial charge in [0.25, 0.3) is 0 Å². The van der Waals surface area contributed by atoms with Crippen LogP contribution in [0.4, 0.5) is 0 Å². The minimum atomic E-state index is -0.978. The van der Waals surface area contributed by atoms with Gasteiger partial charge in [-0.1, -0.05) is 26.7 Å². The molecule has 1 fully saturated rings. The molecule has 0 unspecified atom stereocenters. The summed E-state index contributed by atoms with van der Waals surface area (Å²) in [4.78, 5) is 13.3. The van der Waals surface area contributed by atoms with Gasteiger partial charge in [-0.3, -0.25) is 4.90 Å². The summed E-state index contributed by atoms with van der Waals surface area (Å²) >= 11 is 0. The van der Waals surface area contributed by atoms with E-state index in [1.165, 1.54) is 31.9 Å². The van der Waals surface area contributed by atoms with E-state index in [2.05, 4.69) is 18.7 Å². The molecule has 0 radical (unpaired) electrons. The Balaban J connectivity index is 1.96. The van der Waals surface area contributed by atoms with Crippen LogP contribution in [0.5, 0.6) is 0 Å². The molecular formula is C15H23NO3. The van der Waals surface area contributed by atoms with Crippen molar-refractivity contribution in [3.63, 3.8) is 0 Å². The molecule has 1 aromatic heterocycles. The van der Waals surface area contributed by atoms with Crippen molar-refractivity contribution in [3.05, 3.63) is 23.7 Å². The van der Waals surface area contributed by atoms with Gasteiger partial charge >= 0.3 is 5.97 Å². The number of hydrogen-bond donors (Lipinski definition) is 1. The van der Waals surface area contributed by atoms with Gasteiger partial charge in [-0.05, 0) is 37.4 Å². The van der Waals surface area contributed by atoms with Crippen molar-refractivity contribution in [3.8, 4) is 0 Å². The Morgan fingerprint density at radius 2 is 2.00 bits per heavy atom. The number of hydrogen-bond acceptors (Lipinski definition) is 3. The average Bonchev–Trinajstić information content (AvgIpc) is 2.88. The second-order valence-electron chi connectivity index (χ2n) is 5.56. The first-order chi connectivity index (χ1) is 9.10. The molecule has 4 nitrogen and oxygen atoms in total. The monoisotopic (exact) mass is 265 g/mol. The van der Waals surface area contributed by atoms with Crippen molar-refractivity contribution in [1.82, 2.24) is 4.90 Å². The molecule has 0 spiro atoms. The number of piperidine rings is 1. The van der Waals surface area contributed by atoms with Gasteiger partial charge in [0, 0.05) is 12.1 Å². The van der Waals surface area contributed by atoms with Gasteiger partial charge in [0.15, 0.2) is 0 Å². The quantitative estimate of drug-likeness (QED) is 0.886. The van der Waals surface area contributed by atoms with E-state index in [1.807, 2.05) is 0 Å². The van der Waals surface area contributed by atoms with Gasteiger partial charge in [-0.25, -0.2) is 4.79 Å². The van der Waals surface area contributed by atoms with Gasteiger partial charge < -0.3 is 9.52 Å². The van der Waals surface area contributed by atoms with E-state index in [0.717, 1.165) is 18.7 Å². The van der Waals surface area contributed by atoms with Gasteiger partial charge in [0.1, 0.15) is 0 Å². The van der Waals surface area contributed by atoms with Crippen molar-refractivity contribution in [2.45, 2.75) is 46.1 Å². The summed E-state index contributed by atoms with van der Waals surface area (Å²) in [7, 11) is 0. The summed E-state index contributed by atoms with van der Waals surface area (Å²) in [5.41, 5.74) is 1.29. The zero-order chi connectivity index (χ0) is 13.9. The largest absolute Gasteiger partial charge is 0.475 e. The molecule has 1 aromatic rings. The lowest BCUT2D eigenvalue weighted by Gasteiger charge is -2.41. The predicted octanol–water partition coefficient (Wildman–Crippen LogP) is 3.38. The van der Waals surface area contributed by atoms with E-state index < -0.39 is 5.97 Å². The van der Waals surface area contributed by atoms with Crippen LogP contribution in [0.3, 0.4) is 0 Å². The second-order valence-corrected chi connectivity index (χ2v) is 5.56. The fourth-order valence-electron chi connectivity index (χ4n) is 3.03. The van der Waals surface area contributed by atoms with E-state index in [-0.39, 0.29) is 5.76 Å². The molecule has 1 N–H and O–H groups in total.